The quantitative estimate of drug-likeness (QED) is 0.672. The number of fused-ring (bicyclic) bond motifs is 1. The van der Waals surface area contributed by atoms with E-state index < -0.39 is 6.17 Å². The van der Waals surface area contributed by atoms with Crippen LogP contribution in [0.2, 0.25) is 0 Å². The van der Waals surface area contributed by atoms with Gasteiger partial charge in [-0.05, 0) is 0 Å². The Morgan fingerprint density at radius 2 is 2.47 bits per heavy atom. The van der Waals surface area contributed by atoms with Crippen molar-refractivity contribution in [1.29, 1.82) is 0 Å². The summed E-state index contributed by atoms with van der Waals surface area (Å²) in [4.78, 5) is 27.3. The Labute approximate surface area is 113 Å². The van der Waals surface area contributed by atoms with Crippen LogP contribution in [0.4, 0.5) is 0 Å². The van der Waals surface area contributed by atoms with E-state index in [4.69, 9.17) is 4.74 Å². The number of hydrogen-bond acceptors (Lipinski definition) is 7. The Hall–Kier alpha value is -1.74. The number of nitrogens with one attached hydrogen (secondary N) is 2. The Balaban J connectivity index is 1.80. The lowest BCUT2D eigenvalue weighted by Crippen LogP contribution is -2.38. The molecule has 0 fully saturated rings. The molecule has 2 amide bonds. The Kier molecular flexibility index (Phi) is 4.63. The van der Waals surface area contributed by atoms with Crippen LogP contribution in [0.5, 0.6) is 0 Å². The Bertz CT molecular complexity index is 474. The highest BCUT2D eigenvalue weighted by Gasteiger charge is 2.29. The molecule has 0 aliphatic carbocycles. The SMILES string of the molecule is COCCNC(=O)CSC1=NC2N=NC=C2C(=O)N1. The fourth-order valence-corrected chi connectivity index (χ4v) is 2.13. The fraction of sp³-hybridized carbons (Fsp3) is 0.500. The van der Waals surface area contributed by atoms with Crippen molar-refractivity contribution in [3.8, 4) is 0 Å². The number of carbonyl (C=O) groups excluding carboxylic acids is 2. The number of aliphatic imine (C=N–C) groups is 1. The van der Waals surface area contributed by atoms with Gasteiger partial charge in [0.15, 0.2) is 11.3 Å². The molecule has 19 heavy (non-hydrogen) atoms. The van der Waals surface area contributed by atoms with Crippen LogP contribution in [-0.2, 0) is 14.3 Å². The minimum atomic E-state index is -0.562. The van der Waals surface area contributed by atoms with Crippen molar-refractivity contribution in [2.75, 3.05) is 26.0 Å². The first-order valence-corrected chi connectivity index (χ1v) is 6.57. The summed E-state index contributed by atoms with van der Waals surface area (Å²) >= 11 is 1.15. The molecule has 0 saturated carbocycles. The van der Waals surface area contributed by atoms with E-state index in [0.717, 1.165) is 11.8 Å². The standard InChI is InChI=1S/C10H13N5O3S/c1-18-3-2-11-7(16)5-19-10-13-8-6(4-12-15-8)9(17)14-10/h4,8H,2-3,5H2,1H3,(H,11,16)(H,13,14,17). The molecule has 0 aromatic heterocycles. The maximum atomic E-state index is 11.6. The monoisotopic (exact) mass is 283 g/mol. The van der Waals surface area contributed by atoms with Crippen molar-refractivity contribution in [1.82, 2.24) is 10.6 Å². The van der Waals surface area contributed by atoms with Crippen molar-refractivity contribution in [3.63, 3.8) is 0 Å². The van der Waals surface area contributed by atoms with Crippen molar-refractivity contribution < 1.29 is 14.3 Å². The van der Waals surface area contributed by atoms with Crippen LogP contribution in [0.1, 0.15) is 0 Å². The molecule has 2 N–H and O–H groups in total. The van der Waals surface area contributed by atoms with Gasteiger partial charge in [-0.2, -0.15) is 10.2 Å². The van der Waals surface area contributed by atoms with Gasteiger partial charge in [0.05, 0.1) is 24.1 Å². The van der Waals surface area contributed by atoms with Gasteiger partial charge < -0.3 is 15.4 Å². The summed E-state index contributed by atoms with van der Waals surface area (Å²) in [6, 6.07) is 0. The molecule has 8 nitrogen and oxygen atoms in total. The Morgan fingerprint density at radius 1 is 1.63 bits per heavy atom. The number of rotatable bonds is 5. The van der Waals surface area contributed by atoms with E-state index in [0.29, 0.717) is 23.9 Å². The molecule has 9 heteroatoms. The van der Waals surface area contributed by atoms with Gasteiger partial charge in [-0.3, -0.25) is 9.59 Å². The van der Waals surface area contributed by atoms with Crippen LogP contribution in [0.3, 0.4) is 0 Å². The molecule has 1 atom stereocenters. The van der Waals surface area contributed by atoms with Crippen LogP contribution >= 0.6 is 11.8 Å². The van der Waals surface area contributed by atoms with Gasteiger partial charge in [-0.15, -0.1) is 0 Å². The van der Waals surface area contributed by atoms with Crippen LogP contribution in [0.25, 0.3) is 0 Å². The second-order valence-corrected chi connectivity index (χ2v) is 4.67. The lowest BCUT2D eigenvalue weighted by molar-refractivity contribution is -0.119. The average Bonchev–Trinajstić information content (AvgIpc) is 2.85. The first kappa shape index (κ1) is 13.7. The van der Waals surface area contributed by atoms with E-state index in [1.165, 1.54) is 6.20 Å². The highest BCUT2D eigenvalue weighted by atomic mass is 32.2. The molecule has 2 heterocycles. The van der Waals surface area contributed by atoms with Crippen LogP contribution in [0, 0.1) is 0 Å². The van der Waals surface area contributed by atoms with E-state index in [9.17, 15) is 9.59 Å². The van der Waals surface area contributed by atoms with Gasteiger partial charge in [0.1, 0.15) is 0 Å². The average molecular weight is 283 g/mol. The van der Waals surface area contributed by atoms with E-state index >= 15 is 0 Å². The number of ether oxygens (including phenoxy) is 1. The minimum Gasteiger partial charge on any atom is -0.383 e. The maximum absolute atomic E-state index is 11.6. The number of amides is 2. The first-order valence-electron chi connectivity index (χ1n) is 5.58. The highest BCUT2D eigenvalue weighted by Crippen LogP contribution is 2.21. The zero-order valence-corrected chi connectivity index (χ0v) is 11.1. The lowest BCUT2D eigenvalue weighted by Gasteiger charge is -2.16. The van der Waals surface area contributed by atoms with Crippen molar-refractivity contribution in [3.05, 3.63) is 11.8 Å². The smallest absolute Gasteiger partial charge is 0.258 e. The number of methoxy groups -OCH3 is 1. The number of hydrogen-bond donors (Lipinski definition) is 2. The zero-order chi connectivity index (χ0) is 13.7. The van der Waals surface area contributed by atoms with Crippen molar-refractivity contribution in [2.45, 2.75) is 6.17 Å². The van der Waals surface area contributed by atoms with Gasteiger partial charge in [-0.1, -0.05) is 11.8 Å². The molecule has 0 spiro atoms. The molecule has 2 aliphatic heterocycles. The Morgan fingerprint density at radius 3 is 3.26 bits per heavy atom. The predicted octanol–water partition coefficient (Wildman–Crippen LogP) is -0.356. The summed E-state index contributed by atoms with van der Waals surface area (Å²) in [5.41, 5.74) is 0.425. The molecule has 0 saturated heterocycles. The summed E-state index contributed by atoms with van der Waals surface area (Å²) in [5.74, 6) is -0.244. The summed E-state index contributed by atoms with van der Waals surface area (Å²) in [6.07, 6.45) is 0.829. The summed E-state index contributed by atoms with van der Waals surface area (Å²) in [5, 5.41) is 13.1. The molecular formula is C10H13N5O3S. The molecule has 0 aromatic carbocycles. The van der Waals surface area contributed by atoms with Gasteiger partial charge in [0.2, 0.25) is 5.91 Å². The lowest BCUT2D eigenvalue weighted by atomic mass is 10.2. The van der Waals surface area contributed by atoms with Gasteiger partial charge in [0, 0.05) is 13.7 Å². The number of amidine groups is 1. The van der Waals surface area contributed by atoms with E-state index in [2.05, 4.69) is 25.9 Å². The third-order valence-corrected chi connectivity index (χ3v) is 3.23. The van der Waals surface area contributed by atoms with Crippen molar-refractivity contribution in [2.24, 2.45) is 15.2 Å². The summed E-state index contributed by atoms with van der Waals surface area (Å²) in [6.45, 7) is 0.920. The third-order valence-electron chi connectivity index (χ3n) is 2.34. The fourth-order valence-electron chi connectivity index (χ4n) is 1.42. The second-order valence-electron chi connectivity index (χ2n) is 3.71. The highest BCUT2D eigenvalue weighted by molar-refractivity contribution is 8.14. The van der Waals surface area contributed by atoms with Crippen LogP contribution in [0.15, 0.2) is 27.0 Å². The minimum absolute atomic E-state index is 0.145. The number of carbonyl (C=O) groups is 2. The molecule has 0 bridgehead atoms. The largest absolute Gasteiger partial charge is 0.383 e. The number of nitrogens with zero attached hydrogens (tertiary/aromatic N) is 3. The molecule has 2 rings (SSSR count). The molecule has 0 radical (unpaired) electrons. The van der Waals surface area contributed by atoms with Crippen molar-refractivity contribution >= 4 is 28.7 Å². The normalized spacial score (nSPS) is 20.5. The first-order chi connectivity index (χ1) is 9.20. The molecular weight excluding hydrogens is 270 g/mol. The molecule has 2 aliphatic rings. The predicted molar refractivity (Wildman–Crippen MR) is 69.6 cm³/mol. The summed E-state index contributed by atoms with van der Waals surface area (Å²) in [7, 11) is 1.56. The third kappa shape index (κ3) is 3.61. The maximum Gasteiger partial charge on any atom is 0.258 e. The van der Waals surface area contributed by atoms with E-state index in [1.54, 1.807) is 7.11 Å². The van der Waals surface area contributed by atoms with Crippen LogP contribution < -0.4 is 10.6 Å². The van der Waals surface area contributed by atoms with E-state index in [-0.39, 0.29) is 17.6 Å². The topological polar surface area (TPSA) is 105 Å². The molecule has 1 unspecified atom stereocenters. The van der Waals surface area contributed by atoms with E-state index in [1.807, 2.05) is 0 Å². The number of thioether (sulfide) groups is 1. The van der Waals surface area contributed by atoms with Gasteiger partial charge in [-0.25, -0.2) is 4.99 Å². The van der Waals surface area contributed by atoms with Gasteiger partial charge >= 0.3 is 0 Å². The molecule has 102 valence electrons. The molecule has 0 aromatic rings. The van der Waals surface area contributed by atoms with Crippen LogP contribution in [-0.4, -0.2) is 49.2 Å². The summed E-state index contributed by atoms with van der Waals surface area (Å²) < 4.78 is 4.82. The zero-order valence-electron chi connectivity index (χ0n) is 10.3. The van der Waals surface area contributed by atoms with Gasteiger partial charge in [0.25, 0.3) is 5.91 Å². The second kappa shape index (κ2) is 6.43. The number of azo groups is 1.